The Labute approximate surface area is 224 Å². The van der Waals surface area contributed by atoms with Crippen LogP contribution in [0.4, 0.5) is 18.9 Å². The normalized spacial score (nSPS) is 15.7. The molecule has 0 aliphatic carbocycles. The summed E-state index contributed by atoms with van der Waals surface area (Å²) in [5, 5.41) is 3.26. The van der Waals surface area contributed by atoms with Crippen LogP contribution in [0.25, 0.3) is 11.0 Å². The number of piperidine rings is 1. The second kappa shape index (κ2) is 13.4. The zero-order valence-corrected chi connectivity index (χ0v) is 22.5. The summed E-state index contributed by atoms with van der Waals surface area (Å²) in [5.74, 6) is 7.20. The first-order chi connectivity index (χ1) is 18.2. The summed E-state index contributed by atoms with van der Waals surface area (Å²) < 4.78 is 46.1. The van der Waals surface area contributed by atoms with Crippen LogP contribution in [0.3, 0.4) is 0 Å². The summed E-state index contributed by atoms with van der Waals surface area (Å²) in [7, 11) is 3.70. The highest BCUT2D eigenvalue weighted by Gasteiger charge is 2.30. The van der Waals surface area contributed by atoms with E-state index >= 15 is 0 Å². The molecule has 0 bridgehead atoms. The van der Waals surface area contributed by atoms with Gasteiger partial charge in [0.15, 0.2) is 0 Å². The number of likely N-dealkylation sites (tertiary alicyclic amines) is 1. The maximum absolute atomic E-state index is 13.2. The van der Waals surface area contributed by atoms with Crippen LogP contribution < -0.4 is 15.8 Å². The van der Waals surface area contributed by atoms with Gasteiger partial charge >= 0.3 is 6.18 Å². The fourth-order valence-corrected chi connectivity index (χ4v) is 4.97. The molecule has 0 saturated carbocycles. The molecule has 204 valence electrons. The quantitative estimate of drug-likeness (QED) is 0.264. The van der Waals surface area contributed by atoms with Gasteiger partial charge in [0.1, 0.15) is 12.3 Å². The van der Waals surface area contributed by atoms with Crippen molar-refractivity contribution in [2.75, 3.05) is 45.4 Å². The number of carbonyl (C=O) groups excluding carboxylic acids is 1. The lowest BCUT2D eigenvalue weighted by Gasteiger charge is -2.30. The number of halogens is 3. The number of rotatable bonds is 6. The van der Waals surface area contributed by atoms with Crippen molar-refractivity contribution in [3.8, 4) is 17.6 Å². The largest absolute Gasteiger partial charge is 0.495 e. The lowest BCUT2D eigenvalue weighted by atomic mass is 9.89. The molecule has 1 unspecified atom stereocenters. The fraction of sp³-hybridized carbons (Fsp3) is 0.407. The van der Waals surface area contributed by atoms with Crippen molar-refractivity contribution >= 4 is 34.9 Å². The number of alkyl halides is 3. The number of aromatic nitrogens is 2. The van der Waals surface area contributed by atoms with Gasteiger partial charge in [0.05, 0.1) is 36.7 Å². The van der Waals surface area contributed by atoms with Crippen molar-refractivity contribution in [1.29, 1.82) is 0 Å². The minimum absolute atomic E-state index is 0.213. The standard InChI is InChI=1S/C26H29F3N4OS.CH3NO/c1-32-11-5-7-19(15-32)21-12-18(13-23-25(21)31-17-33(23)16-26(27,28)29)6-4-10-30-22-9-8-20(35-3)14-24(22)34-2;2-1-3/h8-9,12-14,17,19,30H,5,7,10-11,15-16H2,1-3H3;1H,(H2,2,3). The predicted molar refractivity (Wildman–Crippen MR) is 146 cm³/mol. The van der Waals surface area contributed by atoms with Gasteiger partial charge in [-0.25, -0.2) is 4.98 Å². The number of methoxy groups -OCH3 is 1. The molecule has 1 atom stereocenters. The van der Waals surface area contributed by atoms with Gasteiger partial charge in [-0.1, -0.05) is 11.8 Å². The smallest absolute Gasteiger partial charge is 0.406 e. The van der Waals surface area contributed by atoms with E-state index in [0.717, 1.165) is 47.8 Å². The summed E-state index contributed by atoms with van der Waals surface area (Å²) in [6.45, 7) is 1.17. The first-order valence-corrected chi connectivity index (χ1v) is 13.3. The molecule has 3 N–H and O–H groups in total. The average molecular weight is 548 g/mol. The molecule has 1 fully saturated rings. The van der Waals surface area contributed by atoms with Crippen LogP contribution in [0.5, 0.6) is 5.75 Å². The Balaban J connectivity index is 0.00000127. The van der Waals surface area contributed by atoms with Crippen molar-refractivity contribution in [1.82, 2.24) is 14.5 Å². The second-order valence-corrected chi connectivity index (χ2v) is 9.76. The van der Waals surface area contributed by atoms with Crippen LogP contribution in [-0.2, 0) is 11.3 Å². The number of carbonyl (C=O) groups is 1. The van der Waals surface area contributed by atoms with E-state index in [9.17, 15) is 13.2 Å². The molecule has 11 heteroatoms. The number of hydrogen-bond acceptors (Lipinski definition) is 6. The molecule has 1 saturated heterocycles. The summed E-state index contributed by atoms with van der Waals surface area (Å²) in [4.78, 5) is 16.3. The van der Waals surface area contributed by atoms with Crippen LogP contribution in [0.2, 0.25) is 0 Å². The number of nitrogens with two attached hydrogens (primary N) is 1. The first-order valence-electron chi connectivity index (χ1n) is 12.0. The van der Waals surface area contributed by atoms with Crippen LogP contribution >= 0.6 is 11.8 Å². The highest BCUT2D eigenvalue weighted by molar-refractivity contribution is 7.98. The van der Waals surface area contributed by atoms with E-state index in [2.05, 4.69) is 39.8 Å². The third-order valence-corrected chi connectivity index (χ3v) is 6.90. The summed E-state index contributed by atoms with van der Waals surface area (Å²) >= 11 is 1.64. The molecular weight excluding hydrogens is 515 g/mol. The molecule has 2 aromatic carbocycles. The highest BCUT2D eigenvalue weighted by atomic mass is 32.2. The van der Waals surface area contributed by atoms with Crippen molar-refractivity contribution in [2.45, 2.75) is 36.4 Å². The number of benzene rings is 2. The number of nitrogens with one attached hydrogen (secondary N) is 1. The number of nitrogens with zero attached hydrogens (tertiary/aromatic N) is 3. The van der Waals surface area contributed by atoms with E-state index in [1.807, 2.05) is 30.5 Å². The number of ether oxygens (including phenoxy) is 1. The highest BCUT2D eigenvalue weighted by Crippen LogP contribution is 2.33. The SMILES string of the molecule is COc1cc(SC)ccc1NCC#Cc1cc(C2CCCN(C)C2)c2ncn(CC(F)(F)F)c2c1.NC=O. The third kappa shape index (κ3) is 7.82. The Bertz CT molecular complexity index is 1300. The molecular formula is C27H32F3N5O2S. The third-order valence-electron chi connectivity index (χ3n) is 6.18. The van der Waals surface area contributed by atoms with E-state index in [1.165, 1.54) is 10.9 Å². The van der Waals surface area contributed by atoms with E-state index in [1.54, 1.807) is 24.9 Å². The zero-order valence-electron chi connectivity index (χ0n) is 21.6. The average Bonchev–Trinajstić information content (AvgIpc) is 3.27. The molecule has 0 radical (unpaired) electrons. The second-order valence-electron chi connectivity index (χ2n) is 8.88. The number of amides is 1. The van der Waals surface area contributed by atoms with Gasteiger partial charge in [-0.05, 0) is 74.5 Å². The van der Waals surface area contributed by atoms with Gasteiger partial charge in [0, 0.05) is 17.0 Å². The Morgan fingerprint density at radius 3 is 2.74 bits per heavy atom. The van der Waals surface area contributed by atoms with Gasteiger partial charge < -0.3 is 25.3 Å². The zero-order chi connectivity index (χ0) is 27.7. The monoisotopic (exact) mass is 547 g/mol. The van der Waals surface area contributed by atoms with Crippen molar-refractivity contribution in [2.24, 2.45) is 5.73 Å². The van der Waals surface area contributed by atoms with Gasteiger partial charge in [0.2, 0.25) is 6.41 Å². The number of likely N-dealkylation sites (N-methyl/N-ethyl adjacent to an activating group) is 1. The number of hydrogen-bond donors (Lipinski definition) is 2. The molecule has 0 spiro atoms. The maximum Gasteiger partial charge on any atom is 0.406 e. The Kier molecular flexibility index (Phi) is 10.3. The Morgan fingerprint density at radius 1 is 1.32 bits per heavy atom. The maximum atomic E-state index is 13.2. The number of thioether (sulfide) groups is 1. The molecule has 1 aliphatic heterocycles. The molecule has 1 aromatic heterocycles. The minimum atomic E-state index is -4.32. The molecule has 7 nitrogen and oxygen atoms in total. The molecule has 1 amide bonds. The Hall–Kier alpha value is -3.36. The lowest BCUT2D eigenvalue weighted by molar-refractivity contribution is -0.140. The molecule has 3 aromatic rings. The van der Waals surface area contributed by atoms with Gasteiger partial charge in [-0.2, -0.15) is 13.2 Å². The van der Waals surface area contributed by atoms with Crippen molar-refractivity contribution < 1.29 is 22.7 Å². The summed E-state index contributed by atoms with van der Waals surface area (Å²) in [6.07, 6.45) is 1.25. The predicted octanol–water partition coefficient (Wildman–Crippen LogP) is 4.70. The van der Waals surface area contributed by atoms with Crippen LogP contribution in [0, 0.1) is 11.8 Å². The van der Waals surface area contributed by atoms with Gasteiger partial charge in [0.25, 0.3) is 0 Å². The van der Waals surface area contributed by atoms with Crippen LogP contribution in [0.1, 0.15) is 29.9 Å². The van der Waals surface area contributed by atoms with E-state index in [-0.39, 0.29) is 12.3 Å². The van der Waals surface area contributed by atoms with E-state index < -0.39 is 12.7 Å². The fourth-order valence-electron chi connectivity index (χ4n) is 4.54. The molecule has 1 aliphatic rings. The minimum Gasteiger partial charge on any atom is -0.495 e. The topological polar surface area (TPSA) is 85.4 Å². The number of imidazole rings is 1. The van der Waals surface area contributed by atoms with Crippen molar-refractivity contribution in [3.05, 3.63) is 47.8 Å². The lowest BCUT2D eigenvalue weighted by Crippen LogP contribution is -2.31. The van der Waals surface area contributed by atoms with Crippen LogP contribution in [-0.4, -0.2) is 67.1 Å². The number of anilines is 1. The molecule has 4 rings (SSSR count). The van der Waals surface area contributed by atoms with Crippen molar-refractivity contribution in [3.63, 3.8) is 0 Å². The summed E-state index contributed by atoms with van der Waals surface area (Å²) in [5.41, 5.74) is 7.78. The van der Waals surface area contributed by atoms with E-state index in [4.69, 9.17) is 9.53 Å². The molecule has 38 heavy (non-hydrogen) atoms. The van der Waals surface area contributed by atoms with Crippen LogP contribution in [0.15, 0.2) is 41.6 Å². The Morgan fingerprint density at radius 2 is 2.08 bits per heavy atom. The first kappa shape index (κ1) is 29.2. The number of primary amides is 1. The molecule has 2 heterocycles. The van der Waals surface area contributed by atoms with Gasteiger partial charge in [-0.15, -0.1) is 11.8 Å². The van der Waals surface area contributed by atoms with E-state index in [0.29, 0.717) is 23.1 Å². The summed E-state index contributed by atoms with van der Waals surface area (Å²) in [6, 6.07) is 9.63. The number of fused-ring (bicyclic) bond motifs is 1. The van der Waals surface area contributed by atoms with Gasteiger partial charge in [-0.3, -0.25) is 4.79 Å².